The number of thioether (sulfide) groups is 1. The van der Waals surface area contributed by atoms with Crippen molar-refractivity contribution in [3.63, 3.8) is 0 Å². The molecule has 0 aliphatic carbocycles. The standard InChI is InChI=1S/C15H13ClN2O2S2/c1-10-14(19)18(12-7-5-11(16)6-8-12)22-15(10)21-13-4-2-3-9-17(13)20/h2-9,13,20H,1H3. The van der Waals surface area contributed by atoms with Crippen LogP contribution in [0.25, 0.3) is 5.69 Å². The third-order valence-corrected chi connectivity index (χ3v) is 6.09. The van der Waals surface area contributed by atoms with Gasteiger partial charge in [-0.15, -0.1) is 0 Å². The van der Waals surface area contributed by atoms with E-state index in [1.54, 1.807) is 35.3 Å². The molecule has 1 aliphatic heterocycles. The zero-order valence-electron chi connectivity index (χ0n) is 11.6. The van der Waals surface area contributed by atoms with Crippen LogP contribution in [0, 0.1) is 6.92 Å². The van der Waals surface area contributed by atoms with Crippen LogP contribution in [0.15, 0.2) is 57.7 Å². The highest BCUT2D eigenvalue weighted by molar-refractivity contribution is 8.01. The fourth-order valence-electron chi connectivity index (χ4n) is 1.96. The lowest BCUT2D eigenvalue weighted by Crippen LogP contribution is -2.23. The van der Waals surface area contributed by atoms with Gasteiger partial charge in [0.15, 0.2) is 0 Å². The molecule has 3 rings (SSSR count). The number of aromatic nitrogens is 1. The zero-order chi connectivity index (χ0) is 15.7. The highest BCUT2D eigenvalue weighted by Crippen LogP contribution is 2.33. The number of hydrogen-bond acceptors (Lipinski definition) is 5. The van der Waals surface area contributed by atoms with E-state index in [0.717, 1.165) is 15.0 Å². The highest BCUT2D eigenvalue weighted by atomic mass is 35.5. The Morgan fingerprint density at radius 2 is 2.00 bits per heavy atom. The van der Waals surface area contributed by atoms with Crippen LogP contribution in [0.3, 0.4) is 0 Å². The van der Waals surface area contributed by atoms with Gasteiger partial charge < -0.3 is 0 Å². The van der Waals surface area contributed by atoms with Crippen molar-refractivity contribution in [2.24, 2.45) is 0 Å². The molecule has 114 valence electrons. The number of hydroxylamine groups is 2. The molecule has 0 bridgehead atoms. The maximum atomic E-state index is 12.4. The Morgan fingerprint density at radius 3 is 2.68 bits per heavy atom. The van der Waals surface area contributed by atoms with Crippen LogP contribution in [0.4, 0.5) is 0 Å². The number of hydrogen-bond donors (Lipinski definition) is 1. The summed E-state index contributed by atoms with van der Waals surface area (Å²) in [6.45, 7) is 1.80. The molecule has 22 heavy (non-hydrogen) atoms. The summed E-state index contributed by atoms with van der Waals surface area (Å²) in [4.78, 5) is 12.4. The zero-order valence-corrected chi connectivity index (χ0v) is 14.0. The topological polar surface area (TPSA) is 45.5 Å². The number of nitrogens with zero attached hydrogens (tertiary/aromatic N) is 2. The Bertz CT molecular complexity index is 793. The molecular weight excluding hydrogens is 340 g/mol. The van der Waals surface area contributed by atoms with Gasteiger partial charge in [-0.25, -0.2) is 9.02 Å². The van der Waals surface area contributed by atoms with Gasteiger partial charge in [0.2, 0.25) is 0 Å². The van der Waals surface area contributed by atoms with Crippen LogP contribution in [0.2, 0.25) is 5.02 Å². The highest BCUT2D eigenvalue weighted by Gasteiger charge is 2.20. The van der Waals surface area contributed by atoms with Crippen molar-refractivity contribution in [1.29, 1.82) is 0 Å². The lowest BCUT2D eigenvalue weighted by molar-refractivity contribution is -0.0407. The molecule has 4 nitrogen and oxygen atoms in total. The molecule has 0 radical (unpaired) electrons. The minimum atomic E-state index is -0.236. The molecule has 1 atom stereocenters. The van der Waals surface area contributed by atoms with E-state index < -0.39 is 0 Å². The molecular formula is C15H13ClN2O2S2. The van der Waals surface area contributed by atoms with Gasteiger partial charge in [0.25, 0.3) is 5.56 Å². The predicted molar refractivity (Wildman–Crippen MR) is 91.2 cm³/mol. The molecule has 1 aromatic heterocycles. The Kier molecular flexibility index (Phi) is 4.44. The van der Waals surface area contributed by atoms with Crippen LogP contribution in [-0.2, 0) is 0 Å². The van der Waals surface area contributed by atoms with Crippen LogP contribution < -0.4 is 5.56 Å². The third kappa shape index (κ3) is 3.01. The molecule has 0 spiro atoms. The molecule has 1 N–H and O–H groups in total. The van der Waals surface area contributed by atoms with Gasteiger partial charge in [-0.3, -0.25) is 10.0 Å². The van der Waals surface area contributed by atoms with Crippen molar-refractivity contribution in [2.45, 2.75) is 16.5 Å². The molecule has 1 aromatic carbocycles. The average Bonchev–Trinajstić information content (AvgIpc) is 2.79. The fourth-order valence-corrected chi connectivity index (χ4v) is 4.45. The largest absolute Gasteiger partial charge is 0.288 e. The molecule has 0 saturated carbocycles. The van der Waals surface area contributed by atoms with Crippen molar-refractivity contribution >= 4 is 34.9 Å². The maximum absolute atomic E-state index is 12.4. The summed E-state index contributed by atoms with van der Waals surface area (Å²) in [5.74, 6) is 0. The first-order valence-electron chi connectivity index (χ1n) is 6.54. The summed E-state index contributed by atoms with van der Waals surface area (Å²) in [6.07, 6.45) is 7.09. The first-order chi connectivity index (χ1) is 10.6. The van der Waals surface area contributed by atoms with Crippen LogP contribution in [0.1, 0.15) is 5.56 Å². The quantitative estimate of drug-likeness (QED) is 0.905. The van der Waals surface area contributed by atoms with Crippen molar-refractivity contribution < 1.29 is 5.21 Å². The SMILES string of the molecule is Cc1c(SC2C=CC=CN2O)sn(-c2ccc(Cl)cc2)c1=O. The summed E-state index contributed by atoms with van der Waals surface area (Å²) in [7, 11) is 0. The predicted octanol–water partition coefficient (Wildman–Crippen LogP) is 4.05. The normalized spacial score (nSPS) is 17.2. The molecule has 0 amide bonds. The van der Waals surface area contributed by atoms with Gasteiger partial charge in [0.05, 0.1) is 9.90 Å². The smallest absolute Gasteiger partial charge is 0.269 e. The third-order valence-electron chi connectivity index (χ3n) is 3.16. The summed E-state index contributed by atoms with van der Waals surface area (Å²) in [5, 5.41) is 11.3. The molecule has 2 aromatic rings. The molecule has 1 aliphatic rings. The van der Waals surface area contributed by atoms with Crippen molar-refractivity contribution in [3.05, 3.63) is 69.6 Å². The monoisotopic (exact) mass is 352 g/mol. The summed E-state index contributed by atoms with van der Waals surface area (Å²) >= 11 is 8.70. The van der Waals surface area contributed by atoms with E-state index in [2.05, 4.69) is 0 Å². The second-order valence-corrected chi connectivity index (χ2v) is 7.47. The molecule has 7 heteroatoms. The summed E-state index contributed by atoms with van der Waals surface area (Å²) in [6, 6.07) is 7.15. The van der Waals surface area contributed by atoms with Crippen molar-refractivity contribution in [2.75, 3.05) is 0 Å². The van der Waals surface area contributed by atoms with E-state index in [9.17, 15) is 10.0 Å². The lowest BCUT2D eigenvalue weighted by atomic mass is 10.3. The van der Waals surface area contributed by atoms with Gasteiger partial charge in [0, 0.05) is 16.8 Å². The van der Waals surface area contributed by atoms with E-state index in [0.29, 0.717) is 10.6 Å². The summed E-state index contributed by atoms with van der Waals surface area (Å²) in [5.41, 5.74) is 1.42. The second kappa shape index (κ2) is 6.34. The Balaban J connectivity index is 1.92. The van der Waals surface area contributed by atoms with Gasteiger partial charge in [-0.05, 0) is 54.9 Å². The van der Waals surface area contributed by atoms with E-state index in [4.69, 9.17) is 11.6 Å². The first kappa shape index (κ1) is 15.4. The van der Waals surface area contributed by atoms with E-state index in [1.165, 1.54) is 23.3 Å². The Labute approximate surface area is 141 Å². The summed E-state index contributed by atoms with van der Waals surface area (Å²) < 4.78 is 2.52. The van der Waals surface area contributed by atoms with Crippen LogP contribution >= 0.6 is 34.9 Å². The fraction of sp³-hybridized carbons (Fsp3) is 0.133. The van der Waals surface area contributed by atoms with Crippen molar-refractivity contribution in [3.8, 4) is 5.69 Å². The molecule has 0 saturated heterocycles. The van der Waals surface area contributed by atoms with Crippen LogP contribution in [0.5, 0.6) is 0 Å². The number of allylic oxidation sites excluding steroid dienone is 2. The van der Waals surface area contributed by atoms with E-state index in [-0.39, 0.29) is 10.9 Å². The molecule has 1 unspecified atom stereocenters. The van der Waals surface area contributed by atoms with Gasteiger partial charge in [0.1, 0.15) is 5.37 Å². The maximum Gasteiger partial charge on any atom is 0.269 e. The second-order valence-electron chi connectivity index (χ2n) is 4.69. The number of halogens is 1. The Hall–Kier alpha value is -1.47. The van der Waals surface area contributed by atoms with Crippen molar-refractivity contribution in [1.82, 2.24) is 9.02 Å². The molecule has 0 fully saturated rings. The van der Waals surface area contributed by atoms with E-state index in [1.807, 2.05) is 24.3 Å². The van der Waals surface area contributed by atoms with Gasteiger partial charge in [-0.2, -0.15) is 0 Å². The minimum Gasteiger partial charge on any atom is -0.288 e. The van der Waals surface area contributed by atoms with Crippen LogP contribution in [-0.4, -0.2) is 19.6 Å². The number of benzene rings is 1. The first-order valence-corrected chi connectivity index (χ1v) is 8.57. The minimum absolute atomic E-state index is 0.0466. The Morgan fingerprint density at radius 1 is 1.27 bits per heavy atom. The van der Waals surface area contributed by atoms with E-state index >= 15 is 0 Å². The van der Waals surface area contributed by atoms with Gasteiger partial charge in [-0.1, -0.05) is 29.4 Å². The number of rotatable bonds is 3. The lowest BCUT2D eigenvalue weighted by Gasteiger charge is -2.22. The van der Waals surface area contributed by atoms with Gasteiger partial charge >= 0.3 is 0 Å². The molecule has 2 heterocycles. The average molecular weight is 353 g/mol.